The minimum Gasteiger partial charge on any atom is -0.329 e. The number of imidazole rings is 1. The van der Waals surface area contributed by atoms with E-state index >= 15 is 0 Å². The second-order valence-electron chi connectivity index (χ2n) is 5.62. The Bertz CT molecular complexity index is 546. The molecule has 0 N–H and O–H groups in total. The molecule has 1 aliphatic carbocycles. The number of nitrogens with zero attached hydrogens (tertiary/aromatic N) is 4. The Labute approximate surface area is 114 Å². The zero-order chi connectivity index (χ0) is 13.2. The maximum absolute atomic E-state index is 4.75. The van der Waals surface area contributed by atoms with Gasteiger partial charge in [-0.05, 0) is 32.8 Å². The summed E-state index contributed by atoms with van der Waals surface area (Å²) < 4.78 is 4.34. The van der Waals surface area contributed by atoms with Crippen molar-refractivity contribution in [3.8, 4) is 0 Å². The van der Waals surface area contributed by atoms with E-state index in [1.165, 1.54) is 37.8 Å². The first-order valence-electron chi connectivity index (χ1n) is 7.26. The lowest BCUT2D eigenvalue weighted by atomic mass is 9.96. The van der Waals surface area contributed by atoms with E-state index in [9.17, 15) is 0 Å². The van der Waals surface area contributed by atoms with Gasteiger partial charge in [0, 0.05) is 11.9 Å². The summed E-state index contributed by atoms with van der Waals surface area (Å²) in [6.07, 6.45) is 10.7. The second-order valence-corrected chi connectivity index (χ2v) is 5.62. The lowest BCUT2D eigenvalue weighted by Gasteiger charge is -2.21. The van der Waals surface area contributed by atoms with Crippen molar-refractivity contribution in [2.45, 2.75) is 58.5 Å². The molecule has 3 rings (SSSR count). The Morgan fingerprint density at radius 3 is 2.68 bits per heavy atom. The SMILES string of the molecule is Cc1ncn(Cc2ccn(C3CCCCC3)n2)c1C. The molecule has 0 saturated heterocycles. The Hall–Kier alpha value is -1.58. The highest BCUT2D eigenvalue weighted by Gasteiger charge is 2.16. The number of aromatic nitrogens is 4. The van der Waals surface area contributed by atoms with Gasteiger partial charge in [-0.1, -0.05) is 19.3 Å². The van der Waals surface area contributed by atoms with E-state index in [1.807, 2.05) is 13.3 Å². The van der Waals surface area contributed by atoms with Gasteiger partial charge in [-0.15, -0.1) is 0 Å². The number of aryl methyl sites for hydroxylation is 1. The fraction of sp³-hybridized carbons (Fsp3) is 0.600. The summed E-state index contributed by atoms with van der Waals surface area (Å²) in [5.74, 6) is 0. The van der Waals surface area contributed by atoms with Gasteiger partial charge >= 0.3 is 0 Å². The molecule has 4 nitrogen and oxygen atoms in total. The highest BCUT2D eigenvalue weighted by atomic mass is 15.3. The summed E-state index contributed by atoms with van der Waals surface area (Å²) in [5.41, 5.74) is 3.46. The molecule has 0 aliphatic heterocycles. The maximum Gasteiger partial charge on any atom is 0.0955 e. The van der Waals surface area contributed by atoms with Gasteiger partial charge in [0.1, 0.15) is 0 Å². The van der Waals surface area contributed by atoms with Crippen molar-refractivity contribution in [2.24, 2.45) is 0 Å². The molecule has 2 aromatic heterocycles. The molecule has 4 heteroatoms. The van der Waals surface area contributed by atoms with Crippen LogP contribution in [0.15, 0.2) is 18.6 Å². The molecule has 0 unspecified atom stereocenters. The fourth-order valence-corrected chi connectivity index (χ4v) is 2.89. The van der Waals surface area contributed by atoms with Crippen molar-refractivity contribution >= 4 is 0 Å². The van der Waals surface area contributed by atoms with Crippen LogP contribution >= 0.6 is 0 Å². The first-order valence-corrected chi connectivity index (χ1v) is 7.26. The molecule has 102 valence electrons. The maximum atomic E-state index is 4.75. The van der Waals surface area contributed by atoms with Gasteiger partial charge in [0.25, 0.3) is 0 Å². The van der Waals surface area contributed by atoms with E-state index in [0.29, 0.717) is 6.04 Å². The Balaban J connectivity index is 1.72. The summed E-state index contributed by atoms with van der Waals surface area (Å²) in [7, 11) is 0. The molecule has 1 aliphatic rings. The molecule has 2 aromatic rings. The van der Waals surface area contributed by atoms with Crippen molar-refractivity contribution in [1.82, 2.24) is 19.3 Å². The van der Waals surface area contributed by atoms with E-state index in [-0.39, 0.29) is 0 Å². The van der Waals surface area contributed by atoms with E-state index in [2.05, 4.69) is 33.4 Å². The number of hydrogen-bond donors (Lipinski definition) is 0. The molecular weight excluding hydrogens is 236 g/mol. The number of hydrogen-bond acceptors (Lipinski definition) is 2. The highest BCUT2D eigenvalue weighted by Crippen LogP contribution is 2.27. The van der Waals surface area contributed by atoms with E-state index in [4.69, 9.17) is 5.10 Å². The molecule has 0 amide bonds. The van der Waals surface area contributed by atoms with Gasteiger partial charge in [0.15, 0.2) is 0 Å². The van der Waals surface area contributed by atoms with Gasteiger partial charge < -0.3 is 4.57 Å². The summed E-state index contributed by atoms with van der Waals surface area (Å²) in [5, 5.41) is 4.75. The largest absolute Gasteiger partial charge is 0.329 e. The molecule has 0 radical (unpaired) electrons. The minimum absolute atomic E-state index is 0.619. The Morgan fingerprint density at radius 2 is 2.00 bits per heavy atom. The predicted octanol–water partition coefficient (Wildman–Crippen LogP) is 3.25. The van der Waals surface area contributed by atoms with Crippen LogP contribution in [0.4, 0.5) is 0 Å². The summed E-state index contributed by atoms with van der Waals surface area (Å²) in [4.78, 5) is 4.34. The van der Waals surface area contributed by atoms with E-state index in [1.54, 1.807) is 0 Å². The molecule has 19 heavy (non-hydrogen) atoms. The van der Waals surface area contributed by atoms with Gasteiger partial charge in [-0.2, -0.15) is 5.10 Å². The lowest BCUT2D eigenvalue weighted by molar-refractivity contribution is 0.328. The molecule has 1 saturated carbocycles. The average Bonchev–Trinajstić information content (AvgIpc) is 3.02. The zero-order valence-corrected chi connectivity index (χ0v) is 11.8. The van der Waals surface area contributed by atoms with Crippen LogP contribution in [0.2, 0.25) is 0 Å². The quantitative estimate of drug-likeness (QED) is 0.847. The van der Waals surface area contributed by atoms with Crippen LogP contribution in [0.3, 0.4) is 0 Å². The standard InChI is InChI=1S/C15H22N4/c1-12-13(2)18(11-16-12)10-14-8-9-19(17-14)15-6-4-3-5-7-15/h8-9,11,15H,3-7,10H2,1-2H3. The zero-order valence-electron chi connectivity index (χ0n) is 11.8. The van der Waals surface area contributed by atoms with E-state index < -0.39 is 0 Å². The Kier molecular flexibility index (Phi) is 3.40. The van der Waals surface area contributed by atoms with Crippen molar-refractivity contribution in [2.75, 3.05) is 0 Å². The second kappa shape index (κ2) is 5.19. The summed E-state index contributed by atoms with van der Waals surface area (Å²) in [6, 6.07) is 2.76. The number of rotatable bonds is 3. The van der Waals surface area contributed by atoms with Crippen LogP contribution in [0.1, 0.15) is 55.2 Å². The smallest absolute Gasteiger partial charge is 0.0955 e. The summed E-state index contributed by atoms with van der Waals surface area (Å²) in [6.45, 7) is 4.99. The molecule has 0 aromatic carbocycles. The molecule has 2 heterocycles. The molecule has 0 bridgehead atoms. The van der Waals surface area contributed by atoms with Crippen molar-refractivity contribution < 1.29 is 0 Å². The molecule has 0 atom stereocenters. The van der Waals surface area contributed by atoms with Crippen LogP contribution in [-0.4, -0.2) is 19.3 Å². The van der Waals surface area contributed by atoms with Crippen LogP contribution in [0, 0.1) is 13.8 Å². The van der Waals surface area contributed by atoms with Gasteiger partial charge in [-0.25, -0.2) is 4.98 Å². The third-order valence-electron chi connectivity index (χ3n) is 4.29. The lowest BCUT2D eigenvalue weighted by Crippen LogP contribution is -2.13. The van der Waals surface area contributed by atoms with Crippen molar-refractivity contribution in [1.29, 1.82) is 0 Å². The van der Waals surface area contributed by atoms with E-state index in [0.717, 1.165) is 17.9 Å². The first-order chi connectivity index (χ1) is 9.24. The molecule has 1 fully saturated rings. The minimum atomic E-state index is 0.619. The molecular formula is C15H22N4. The van der Waals surface area contributed by atoms with Crippen LogP contribution < -0.4 is 0 Å². The monoisotopic (exact) mass is 258 g/mol. The predicted molar refractivity (Wildman–Crippen MR) is 75.2 cm³/mol. The third kappa shape index (κ3) is 2.57. The topological polar surface area (TPSA) is 35.6 Å². The fourth-order valence-electron chi connectivity index (χ4n) is 2.89. The van der Waals surface area contributed by atoms with Gasteiger partial charge in [-0.3, -0.25) is 4.68 Å². The summed E-state index contributed by atoms with van der Waals surface area (Å²) >= 11 is 0. The van der Waals surface area contributed by atoms with Crippen molar-refractivity contribution in [3.05, 3.63) is 35.7 Å². The van der Waals surface area contributed by atoms with Crippen LogP contribution in [0.25, 0.3) is 0 Å². The average molecular weight is 258 g/mol. The van der Waals surface area contributed by atoms with Crippen molar-refractivity contribution in [3.63, 3.8) is 0 Å². The van der Waals surface area contributed by atoms with Gasteiger partial charge in [0.05, 0.1) is 30.3 Å². The van der Waals surface area contributed by atoms with Crippen LogP contribution in [0.5, 0.6) is 0 Å². The van der Waals surface area contributed by atoms with Gasteiger partial charge in [0.2, 0.25) is 0 Å². The van der Waals surface area contributed by atoms with Crippen LogP contribution in [-0.2, 0) is 6.54 Å². The Morgan fingerprint density at radius 1 is 1.21 bits per heavy atom. The normalized spacial score (nSPS) is 16.9. The first kappa shape index (κ1) is 12.5. The molecule has 0 spiro atoms. The third-order valence-corrected chi connectivity index (χ3v) is 4.29. The highest BCUT2D eigenvalue weighted by molar-refractivity contribution is 5.11.